The van der Waals surface area contributed by atoms with Gasteiger partial charge in [0.2, 0.25) is 5.91 Å². The Labute approximate surface area is 83.2 Å². The molecule has 0 saturated carbocycles. The number of carboxylic acids is 1. The van der Waals surface area contributed by atoms with Crippen molar-refractivity contribution in [2.45, 2.75) is 20.3 Å². The van der Waals surface area contributed by atoms with Gasteiger partial charge in [0.1, 0.15) is 0 Å². The summed E-state index contributed by atoms with van der Waals surface area (Å²) in [7, 11) is 0. The van der Waals surface area contributed by atoms with E-state index in [0.717, 1.165) is 12.6 Å². The fourth-order valence-electron chi connectivity index (χ4n) is 1.68. The number of carboxylic acid groups (broad SMARTS) is 1. The fraction of sp³-hybridized carbons (Fsp3) is 0.600. The van der Waals surface area contributed by atoms with E-state index in [0.29, 0.717) is 24.5 Å². The Morgan fingerprint density at radius 3 is 2.79 bits per heavy atom. The Hall–Kier alpha value is -1.32. The summed E-state index contributed by atoms with van der Waals surface area (Å²) in [6.07, 6.45) is 1.73. The van der Waals surface area contributed by atoms with Crippen LogP contribution in [-0.4, -0.2) is 35.0 Å². The van der Waals surface area contributed by atoms with Crippen molar-refractivity contribution in [3.8, 4) is 0 Å². The number of rotatable bonds is 3. The molecule has 0 spiro atoms. The van der Waals surface area contributed by atoms with E-state index in [1.807, 2.05) is 6.92 Å². The monoisotopic (exact) mass is 197 g/mol. The molecule has 1 N–H and O–H groups in total. The first kappa shape index (κ1) is 10.8. The summed E-state index contributed by atoms with van der Waals surface area (Å²) < 4.78 is 0. The quantitative estimate of drug-likeness (QED) is 0.683. The second-order valence-electron chi connectivity index (χ2n) is 3.91. The van der Waals surface area contributed by atoms with Gasteiger partial charge in [0.25, 0.3) is 0 Å². The van der Waals surface area contributed by atoms with Gasteiger partial charge in [-0.15, -0.1) is 0 Å². The summed E-state index contributed by atoms with van der Waals surface area (Å²) in [5, 5.41) is 8.50. The molecule has 1 saturated heterocycles. The molecule has 1 heterocycles. The number of hydrogen-bond donors (Lipinski definition) is 1. The minimum Gasteiger partial charge on any atom is -0.478 e. The molecular weight excluding hydrogens is 182 g/mol. The summed E-state index contributed by atoms with van der Waals surface area (Å²) in [5.74, 6) is -0.446. The zero-order chi connectivity index (χ0) is 10.7. The van der Waals surface area contributed by atoms with Gasteiger partial charge in [0.05, 0.1) is 0 Å². The molecule has 1 aliphatic heterocycles. The summed E-state index contributed by atoms with van der Waals surface area (Å²) in [4.78, 5) is 23.4. The van der Waals surface area contributed by atoms with Crippen molar-refractivity contribution >= 4 is 11.9 Å². The van der Waals surface area contributed by atoms with E-state index in [1.165, 1.54) is 0 Å². The number of nitrogens with zero attached hydrogens (tertiary/aromatic N) is 1. The first-order chi connectivity index (χ1) is 6.49. The Kier molecular flexibility index (Phi) is 3.28. The summed E-state index contributed by atoms with van der Waals surface area (Å²) >= 11 is 0. The maximum atomic E-state index is 11.4. The van der Waals surface area contributed by atoms with E-state index >= 15 is 0 Å². The molecule has 0 aromatic heterocycles. The molecular formula is C10H15NO3. The van der Waals surface area contributed by atoms with Gasteiger partial charge < -0.3 is 10.0 Å². The Balaban J connectivity index is 2.53. The molecule has 1 atom stereocenters. The highest BCUT2D eigenvalue weighted by Crippen LogP contribution is 2.17. The first-order valence-corrected chi connectivity index (χ1v) is 4.67. The lowest BCUT2D eigenvalue weighted by molar-refractivity contribution is -0.131. The number of amides is 1. The van der Waals surface area contributed by atoms with E-state index in [1.54, 1.807) is 11.8 Å². The van der Waals surface area contributed by atoms with Gasteiger partial charge in [-0.25, -0.2) is 4.79 Å². The van der Waals surface area contributed by atoms with Crippen molar-refractivity contribution in [2.24, 2.45) is 5.92 Å². The predicted molar refractivity (Wildman–Crippen MR) is 51.8 cm³/mol. The van der Waals surface area contributed by atoms with Crippen LogP contribution >= 0.6 is 0 Å². The molecule has 0 aromatic carbocycles. The average Bonchev–Trinajstić information content (AvgIpc) is 2.28. The lowest BCUT2D eigenvalue weighted by Crippen LogP contribution is -2.27. The number of carbonyl (C=O) groups is 2. The molecule has 0 bridgehead atoms. The number of aliphatic carboxylic acids is 1. The molecule has 1 amide bonds. The minimum atomic E-state index is -0.956. The van der Waals surface area contributed by atoms with Crippen LogP contribution in [0.2, 0.25) is 0 Å². The van der Waals surface area contributed by atoms with Crippen molar-refractivity contribution in [3.05, 3.63) is 11.6 Å². The highest BCUT2D eigenvalue weighted by Gasteiger charge is 2.26. The third-order valence-corrected chi connectivity index (χ3v) is 2.22. The van der Waals surface area contributed by atoms with Crippen molar-refractivity contribution in [3.63, 3.8) is 0 Å². The first-order valence-electron chi connectivity index (χ1n) is 4.67. The van der Waals surface area contributed by atoms with Gasteiger partial charge in [0.15, 0.2) is 0 Å². The molecule has 1 rings (SSSR count). The van der Waals surface area contributed by atoms with Gasteiger partial charge in [-0.2, -0.15) is 0 Å². The van der Waals surface area contributed by atoms with Gasteiger partial charge in [-0.3, -0.25) is 4.79 Å². The average molecular weight is 197 g/mol. The predicted octanol–water partition coefficient (Wildman–Crippen LogP) is 0.886. The summed E-state index contributed by atoms with van der Waals surface area (Å²) in [5.41, 5.74) is 0.708. The normalized spacial score (nSPS) is 23.0. The standard InChI is InChI=1S/C10H15NO3/c1-7-3-9(12)11(5-7)6-8(2)4-10(13)14/h4,7H,3,5-6H2,1-2H3,(H,13,14)/b8-4+. The van der Waals surface area contributed by atoms with Gasteiger partial charge in [-0.1, -0.05) is 6.92 Å². The highest BCUT2D eigenvalue weighted by molar-refractivity contribution is 5.81. The van der Waals surface area contributed by atoms with Crippen LogP contribution in [0.1, 0.15) is 20.3 Å². The molecule has 1 aliphatic rings. The number of hydrogen-bond acceptors (Lipinski definition) is 2. The molecule has 4 heteroatoms. The second kappa shape index (κ2) is 4.26. The van der Waals surface area contributed by atoms with Crippen LogP contribution < -0.4 is 0 Å². The summed E-state index contributed by atoms with van der Waals surface area (Å²) in [6, 6.07) is 0. The SMILES string of the molecule is C/C(=C\C(=O)O)CN1CC(C)CC1=O. The van der Waals surface area contributed by atoms with E-state index in [2.05, 4.69) is 0 Å². The second-order valence-corrected chi connectivity index (χ2v) is 3.91. The molecule has 0 aliphatic carbocycles. The van der Waals surface area contributed by atoms with Crippen LogP contribution in [0, 0.1) is 5.92 Å². The molecule has 1 fully saturated rings. The lowest BCUT2D eigenvalue weighted by Gasteiger charge is -2.15. The van der Waals surface area contributed by atoms with Crippen molar-refractivity contribution < 1.29 is 14.7 Å². The Bertz CT molecular complexity index is 283. The third-order valence-electron chi connectivity index (χ3n) is 2.22. The Morgan fingerprint density at radius 2 is 2.36 bits per heavy atom. The van der Waals surface area contributed by atoms with Gasteiger partial charge in [0, 0.05) is 25.6 Å². The minimum absolute atomic E-state index is 0.121. The van der Waals surface area contributed by atoms with Crippen molar-refractivity contribution in [1.82, 2.24) is 4.90 Å². The molecule has 1 unspecified atom stereocenters. The van der Waals surface area contributed by atoms with Gasteiger partial charge >= 0.3 is 5.97 Å². The zero-order valence-corrected chi connectivity index (χ0v) is 8.49. The summed E-state index contributed by atoms with van der Waals surface area (Å²) in [6.45, 7) is 4.93. The molecule has 78 valence electrons. The molecule has 0 aromatic rings. The van der Waals surface area contributed by atoms with Gasteiger partial charge in [-0.05, 0) is 18.4 Å². The molecule has 14 heavy (non-hydrogen) atoms. The van der Waals surface area contributed by atoms with E-state index in [9.17, 15) is 9.59 Å². The highest BCUT2D eigenvalue weighted by atomic mass is 16.4. The van der Waals surface area contributed by atoms with E-state index in [4.69, 9.17) is 5.11 Å². The van der Waals surface area contributed by atoms with Crippen molar-refractivity contribution in [2.75, 3.05) is 13.1 Å². The smallest absolute Gasteiger partial charge is 0.328 e. The Morgan fingerprint density at radius 1 is 1.71 bits per heavy atom. The van der Waals surface area contributed by atoms with E-state index < -0.39 is 5.97 Å². The fourth-order valence-corrected chi connectivity index (χ4v) is 1.68. The lowest BCUT2D eigenvalue weighted by atomic mass is 10.2. The zero-order valence-electron chi connectivity index (χ0n) is 8.49. The van der Waals surface area contributed by atoms with Crippen LogP contribution in [-0.2, 0) is 9.59 Å². The third kappa shape index (κ3) is 2.87. The molecule has 4 nitrogen and oxygen atoms in total. The van der Waals surface area contributed by atoms with Crippen LogP contribution in [0.4, 0.5) is 0 Å². The maximum Gasteiger partial charge on any atom is 0.328 e. The van der Waals surface area contributed by atoms with Crippen LogP contribution in [0.3, 0.4) is 0 Å². The van der Waals surface area contributed by atoms with Crippen LogP contribution in [0.5, 0.6) is 0 Å². The molecule has 0 radical (unpaired) electrons. The van der Waals surface area contributed by atoms with Crippen molar-refractivity contribution in [1.29, 1.82) is 0 Å². The largest absolute Gasteiger partial charge is 0.478 e. The number of carbonyl (C=O) groups excluding carboxylic acids is 1. The topological polar surface area (TPSA) is 57.6 Å². The van der Waals surface area contributed by atoms with Crippen LogP contribution in [0.15, 0.2) is 11.6 Å². The van der Waals surface area contributed by atoms with Crippen LogP contribution in [0.25, 0.3) is 0 Å². The number of likely N-dealkylation sites (tertiary alicyclic amines) is 1. The van der Waals surface area contributed by atoms with E-state index in [-0.39, 0.29) is 5.91 Å². The maximum absolute atomic E-state index is 11.4.